The Kier molecular flexibility index (Phi) is 3.42. The fourth-order valence-electron chi connectivity index (χ4n) is 1.09. The number of amides is 1. The predicted molar refractivity (Wildman–Crippen MR) is 62.7 cm³/mol. The molecule has 1 aromatic carbocycles. The fourth-order valence-corrected chi connectivity index (χ4v) is 1.09. The van der Waals surface area contributed by atoms with E-state index in [0.29, 0.717) is 11.4 Å². The Bertz CT molecular complexity index is 394. The average Bonchev–Trinajstić information content (AvgIpc) is 2.16. The zero-order chi connectivity index (χ0) is 12.3. The summed E-state index contributed by atoms with van der Waals surface area (Å²) in [5.41, 5.74) is 0.0912. The molecule has 0 aliphatic heterocycles. The molecule has 0 radical (unpaired) electrons. The van der Waals surface area contributed by atoms with Gasteiger partial charge in [-0.3, -0.25) is 4.79 Å². The topological polar surface area (TPSA) is 58.6 Å². The number of benzene rings is 1. The zero-order valence-electron chi connectivity index (χ0n) is 10.00. The van der Waals surface area contributed by atoms with Crippen LogP contribution in [0.4, 0.5) is 5.69 Å². The van der Waals surface area contributed by atoms with Gasteiger partial charge in [-0.05, 0) is 12.1 Å². The Morgan fingerprint density at radius 1 is 1.38 bits per heavy atom. The standard InChI is InChI=1S/C12H17NO3/c1-12(2,3)11(15)13-8-5-6-10(16-4)9(14)7-8/h5-7,14H,1-4H3,(H,13,15). The first-order valence-corrected chi connectivity index (χ1v) is 5.03. The number of anilines is 1. The number of phenolic OH excluding ortho intramolecular Hbond substituents is 1. The van der Waals surface area contributed by atoms with Crippen LogP contribution in [-0.4, -0.2) is 18.1 Å². The predicted octanol–water partition coefficient (Wildman–Crippen LogP) is 2.39. The third-order valence-corrected chi connectivity index (χ3v) is 2.12. The molecule has 88 valence electrons. The molecule has 0 aliphatic rings. The van der Waals surface area contributed by atoms with Crippen molar-refractivity contribution in [1.29, 1.82) is 0 Å². The third kappa shape index (κ3) is 2.89. The lowest BCUT2D eigenvalue weighted by molar-refractivity contribution is -0.123. The number of nitrogens with one attached hydrogen (secondary N) is 1. The van der Waals surface area contributed by atoms with Gasteiger partial charge in [0, 0.05) is 17.2 Å². The SMILES string of the molecule is COc1ccc(NC(=O)C(C)(C)C)cc1O. The lowest BCUT2D eigenvalue weighted by Gasteiger charge is -2.17. The summed E-state index contributed by atoms with van der Waals surface area (Å²) in [6.45, 7) is 5.48. The van der Waals surface area contributed by atoms with Crippen molar-refractivity contribution in [2.75, 3.05) is 12.4 Å². The van der Waals surface area contributed by atoms with Crippen LogP contribution in [0.5, 0.6) is 11.5 Å². The molecule has 0 saturated heterocycles. The second kappa shape index (κ2) is 4.43. The van der Waals surface area contributed by atoms with Crippen molar-refractivity contribution in [3.8, 4) is 11.5 Å². The van der Waals surface area contributed by atoms with Crippen molar-refractivity contribution in [2.24, 2.45) is 5.41 Å². The molecule has 2 N–H and O–H groups in total. The Balaban J connectivity index is 2.84. The maximum atomic E-state index is 11.7. The number of aromatic hydroxyl groups is 1. The molecule has 4 heteroatoms. The number of rotatable bonds is 2. The minimum absolute atomic E-state index is 0.00853. The number of methoxy groups -OCH3 is 1. The highest BCUT2D eigenvalue weighted by Crippen LogP contribution is 2.29. The minimum atomic E-state index is -0.463. The molecule has 0 bridgehead atoms. The molecular formula is C12H17NO3. The number of carbonyl (C=O) groups is 1. The Morgan fingerprint density at radius 3 is 2.44 bits per heavy atom. The Hall–Kier alpha value is -1.71. The molecule has 0 saturated carbocycles. The van der Waals surface area contributed by atoms with Crippen LogP contribution in [0, 0.1) is 5.41 Å². The summed E-state index contributed by atoms with van der Waals surface area (Å²) in [4.78, 5) is 11.7. The van der Waals surface area contributed by atoms with E-state index in [-0.39, 0.29) is 11.7 Å². The van der Waals surface area contributed by atoms with Crippen LogP contribution in [0.25, 0.3) is 0 Å². The highest BCUT2D eigenvalue weighted by Gasteiger charge is 2.21. The lowest BCUT2D eigenvalue weighted by atomic mass is 9.95. The van der Waals surface area contributed by atoms with Crippen molar-refractivity contribution in [1.82, 2.24) is 0 Å². The summed E-state index contributed by atoms with van der Waals surface area (Å²) in [5.74, 6) is 0.292. The first-order chi connectivity index (χ1) is 7.34. The van der Waals surface area contributed by atoms with Crippen LogP contribution < -0.4 is 10.1 Å². The van der Waals surface area contributed by atoms with Gasteiger partial charge >= 0.3 is 0 Å². The van der Waals surface area contributed by atoms with Gasteiger partial charge < -0.3 is 15.2 Å². The van der Waals surface area contributed by atoms with E-state index in [0.717, 1.165) is 0 Å². The molecule has 16 heavy (non-hydrogen) atoms. The molecule has 0 atom stereocenters. The summed E-state index contributed by atoms with van der Waals surface area (Å²) in [7, 11) is 1.47. The van der Waals surface area contributed by atoms with Crippen molar-refractivity contribution < 1.29 is 14.6 Å². The Morgan fingerprint density at radius 2 is 2.00 bits per heavy atom. The largest absolute Gasteiger partial charge is 0.504 e. The van der Waals surface area contributed by atoms with Crippen LogP contribution in [0.3, 0.4) is 0 Å². The smallest absolute Gasteiger partial charge is 0.229 e. The van der Waals surface area contributed by atoms with E-state index in [4.69, 9.17) is 4.74 Å². The molecule has 0 unspecified atom stereocenters. The molecule has 0 heterocycles. The number of phenols is 1. The van der Waals surface area contributed by atoms with Crippen molar-refractivity contribution in [3.63, 3.8) is 0 Å². The van der Waals surface area contributed by atoms with Gasteiger partial charge in [0.2, 0.25) is 5.91 Å². The van der Waals surface area contributed by atoms with Crippen molar-refractivity contribution in [3.05, 3.63) is 18.2 Å². The first kappa shape index (κ1) is 12.4. The fraction of sp³-hybridized carbons (Fsp3) is 0.417. The van der Waals surface area contributed by atoms with Crippen LogP contribution in [-0.2, 0) is 4.79 Å². The van der Waals surface area contributed by atoms with Gasteiger partial charge in [0.15, 0.2) is 11.5 Å². The van der Waals surface area contributed by atoms with Gasteiger partial charge in [-0.2, -0.15) is 0 Å². The minimum Gasteiger partial charge on any atom is -0.504 e. The summed E-state index contributed by atoms with van der Waals surface area (Å²) >= 11 is 0. The van der Waals surface area contributed by atoms with Crippen LogP contribution >= 0.6 is 0 Å². The average molecular weight is 223 g/mol. The first-order valence-electron chi connectivity index (χ1n) is 5.03. The second-order valence-corrected chi connectivity index (χ2v) is 4.59. The van der Waals surface area contributed by atoms with Crippen LogP contribution in [0.2, 0.25) is 0 Å². The van der Waals surface area contributed by atoms with Gasteiger partial charge in [-0.25, -0.2) is 0 Å². The van der Waals surface area contributed by atoms with E-state index in [1.54, 1.807) is 12.1 Å². The van der Waals surface area contributed by atoms with E-state index in [9.17, 15) is 9.90 Å². The molecule has 1 rings (SSSR count). The number of ether oxygens (including phenoxy) is 1. The van der Waals surface area contributed by atoms with E-state index < -0.39 is 5.41 Å². The highest BCUT2D eigenvalue weighted by atomic mass is 16.5. The van der Waals surface area contributed by atoms with E-state index in [2.05, 4.69) is 5.32 Å². The summed E-state index contributed by atoms with van der Waals surface area (Å²) in [5, 5.41) is 12.3. The Labute approximate surface area is 95.2 Å². The molecule has 0 spiro atoms. The van der Waals surface area contributed by atoms with Crippen molar-refractivity contribution in [2.45, 2.75) is 20.8 Å². The molecule has 0 aliphatic carbocycles. The maximum Gasteiger partial charge on any atom is 0.229 e. The number of hydrogen-bond donors (Lipinski definition) is 2. The molecule has 0 fully saturated rings. The lowest BCUT2D eigenvalue weighted by Crippen LogP contribution is -2.27. The molecule has 0 aromatic heterocycles. The number of carbonyl (C=O) groups excluding carboxylic acids is 1. The van der Waals surface area contributed by atoms with E-state index in [1.807, 2.05) is 20.8 Å². The van der Waals surface area contributed by atoms with E-state index >= 15 is 0 Å². The summed E-state index contributed by atoms with van der Waals surface area (Å²) < 4.78 is 4.91. The third-order valence-electron chi connectivity index (χ3n) is 2.12. The normalized spacial score (nSPS) is 11.0. The second-order valence-electron chi connectivity index (χ2n) is 4.59. The summed E-state index contributed by atoms with van der Waals surface area (Å²) in [6, 6.07) is 4.75. The monoisotopic (exact) mass is 223 g/mol. The van der Waals surface area contributed by atoms with Gasteiger partial charge in [0.05, 0.1) is 7.11 Å². The molecule has 1 amide bonds. The molecule has 1 aromatic rings. The van der Waals surface area contributed by atoms with E-state index in [1.165, 1.54) is 13.2 Å². The van der Waals surface area contributed by atoms with Gasteiger partial charge in [-0.15, -0.1) is 0 Å². The summed E-state index contributed by atoms with van der Waals surface area (Å²) in [6.07, 6.45) is 0. The maximum absolute atomic E-state index is 11.7. The number of hydrogen-bond acceptors (Lipinski definition) is 3. The molecule has 4 nitrogen and oxygen atoms in total. The van der Waals surface area contributed by atoms with Crippen molar-refractivity contribution >= 4 is 11.6 Å². The van der Waals surface area contributed by atoms with Gasteiger partial charge in [-0.1, -0.05) is 20.8 Å². The highest BCUT2D eigenvalue weighted by molar-refractivity contribution is 5.94. The zero-order valence-corrected chi connectivity index (χ0v) is 10.00. The van der Waals surface area contributed by atoms with Gasteiger partial charge in [0.25, 0.3) is 0 Å². The quantitative estimate of drug-likeness (QED) is 0.809. The van der Waals surface area contributed by atoms with Crippen LogP contribution in [0.15, 0.2) is 18.2 Å². The molecular weight excluding hydrogens is 206 g/mol. The van der Waals surface area contributed by atoms with Crippen LogP contribution in [0.1, 0.15) is 20.8 Å². The van der Waals surface area contributed by atoms with Gasteiger partial charge in [0.1, 0.15) is 0 Å².